The van der Waals surface area contributed by atoms with Crippen molar-refractivity contribution < 1.29 is 5.11 Å². The second kappa shape index (κ2) is 11.7. The average molecular weight is 489 g/mol. The normalized spacial score (nSPS) is 12.0. The Labute approximate surface area is 214 Å². The van der Waals surface area contributed by atoms with Crippen molar-refractivity contribution in [3.8, 4) is 0 Å². The maximum atomic E-state index is 9.88. The zero-order valence-corrected chi connectivity index (χ0v) is 21.8. The molecule has 0 bridgehead atoms. The van der Waals surface area contributed by atoms with E-state index < -0.39 is 0 Å². The first-order chi connectivity index (χ1) is 17.5. The molecule has 4 aromatic rings. The van der Waals surface area contributed by atoms with Crippen LogP contribution in [0, 0.1) is 5.41 Å². The summed E-state index contributed by atoms with van der Waals surface area (Å²) < 4.78 is 2.30. The molecular formula is C29H40N6O. The van der Waals surface area contributed by atoms with Crippen molar-refractivity contribution in [1.82, 2.24) is 19.9 Å². The molecular weight excluding hydrogens is 448 g/mol. The Hall–Kier alpha value is -3.16. The average Bonchev–Trinajstić information content (AvgIpc) is 3.20. The SMILES string of the molecule is CCCCNc1nc(N)nc2c3ccccc3n(Cc3cccc(CNCC(CC)(CC)CO)c3)c12. The summed E-state index contributed by atoms with van der Waals surface area (Å²) >= 11 is 0. The van der Waals surface area contributed by atoms with Crippen molar-refractivity contribution in [1.29, 1.82) is 0 Å². The number of rotatable bonds is 13. The molecule has 192 valence electrons. The first kappa shape index (κ1) is 25.9. The van der Waals surface area contributed by atoms with Gasteiger partial charge in [0, 0.05) is 43.6 Å². The highest BCUT2D eigenvalue weighted by atomic mass is 16.3. The van der Waals surface area contributed by atoms with E-state index in [2.05, 4.69) is 88.4 Å². The second-order valence-electron chi connectivity index (χ2n) is 9.80. The largest absolute Gasteiger partial charge is 0.396 e. The highest BCUT2D eigenvalue weighted by Gasteiger charge is 2.24. The van der Waals surface area contributed by atoms with E-state index in [4.69, 9.17) is 5.73 Å². The number of aliphatic hydroxyl groups is 1. The lowest BCUT2D eigenvalue weighted by Gasteiger charge is -2.29. The van der Waals surface area contributed by atoms with E-state index in [9.17, 15) is 5.11 Å². The molecule has 7 heteroatoms. The summed E-state index contributed by atoms with van der Waals surface area (Å²) in [5.74, 6) is 1.08. The molecule has 0 saturated carbocycles. The Balaban J connectivity index is 1.65. The number of nitrogens with zero attached hydrogens (tertiary/aromatic N) is 3. The van der Waals surface area contributed by atoms with Gasteiger partial charge in [-0.25, -0.2) is 4.98 Å². The van der Waals surface area contributed by atoms with Crippen molar-refractivity contribution >= 4 is 33.7 Å². The first-order valence-corrected chi connectivity index (χ1v) is 13.2. The second-order valence-corrected chi connectivity index (χ2v) is 9.80. The highest BCUT2D eigenvalue weighted by Crippen LogP contribution is 2.33. The molecule has 5 N–H and O–H groups in total. The zero-order chi connectivity index (χ0) is 25.5. The van der Waals surface area contributed by atoms with Crippen molar-refractivity contribution in [3.63, 3.8) is 0 Å². The number of para-hydroxylation sites is 1. The summed E-state index contributed by atoms with van der Waals surface area (Å²) in [4.78, 5) is 9.22. The number of benzene rings is 2. The van der Waals surface area contributed by atoms with Crippen LogP contribution < -0.4 is 16.4 Å². The minimum absolute atomic E-state index is 0.0520. The monoisotopic (exact) mass is 488 g/mol. The number of unbranched alkanes of at least 4 members (excludes halogenated alkanes) is 1. The van der Waals surface area contributed by atoms with Gasteiger partial charge in [0.1, 0.15) is 11.0 Å². The van der Waals surface area contributed by atoms with Gasteiger partial charge in [0.2, 0.25) is 5.95 Å². The lowest BCUT2D eigenvalue weighted by Crippen LogP contribution is -2.36. The van der Waals surface area contributed by atoms with Gasteiger partial charge in [-0.3, -0.25) is 0 Å². The summed E-state index contributed by atoms with van der Waals surface area (Å²) in [5, 5.41) is 18.0. The zero-order valence-electron chi connectivity index (χ0n) is 21.8. The number of aliphatic hydroxyl groups excluding tert-OH is 1. The fourth-order valence-corrected chi connectivity index (χ4v) is 4.89. The van der Waals surface area contributed by atoms with Gasteiger partial charge in [-0.2, -0.15) is 4.98 Å². The van der Waals surface area contributed by atoms with Crippen LogP contribution in [0.5, 0.6) is 0 Å². The van der Waals surface area contributed by atoms with E-state index in [-0.39, 0.29) is 18.0 Å². The summed E-state index contributed by atoms with van der Waals surface area (Å²) in [6.45, 7) is 9.81. The molecule has 2 aromatic heterocycles. The van der Waals surface area contributed by atoms with E-state index in [1.54, 1.807) is 0 Å². The Kier molecular flexibility index (Phi) is 8.44. The van der Waals surface area contributed by atoms with E-state index in [1.165, 1.54) is 11.1 Å². The third-order valence-electron chi connectivity index (χ3n) is 7.44. The minimum Gasteiger partial charge on any atom is -0.396 e. The van der Waals surface area contributed by atoms with Crippen LogP contribution in [0.15, 0.2) is 48.5 Å². The Morgan fingerprint density at radius 2 is 1.78 bits per heavy atom. The van der Waals surface area contributed by atoms with Gasteiger partial charge < -0.3 is 26.0 Å². The summed E-state index contributed by atoms with van der Waals surface area (Å²) in [6.07, 6.45) is 4.09. The molecule has 0 atom stereocenters. The van der Waals surface area contributed by atoms with Crippen molar-refractivity contribution in [2.75, 3.05) is 30.7 Å². The van der Waals surface area contributed by atoms with E-state index >= 15 is 0 Å². The molecule has 7 nitrogen and oxygen atoms in total. The number of aromatic nitrogens is 3. The van der Waals surface area contributed by atoms with Crippen LogP contribution in [-0.2, 0) is 13.1 Å². The number of nitrogens with two attached hydrogens (primary N) is 1. The molecule has 0 aliphatic rings. The molecule has 2 heterocycles. The molecule has 0 aliphatic carbocycles. The summed E-state index contributed by atoms with van der Waals surface area (Å²) in [7, 11) is 0. The predicted molar refractivity (Wildman–Crippen MR) is 150 cm³/mol. The van der Waals surface area contributed by atoms with Crippen LogP contribution in [-0.4, -0.2) is 39.3 Å². The molecule has 0 spiro atoms. The van der Waals surface area contributed by atoms with Crippen molar-refractivity contribution in [2.24, 2.45) is 5.41 Å². The van der Waals surface area contributed by atoms with Crippen LogP contribution in [0.1, 0.15) is 57.6 Å². The van der Waals surface area contributed by atoms with Gasteiger partial charge in [0.05, 0.1) is 5.52 Å². The number of nitrogen functional groups attached to an aromatic ring is 1. The van der Waals surface area contributed by atoms with E-state index in [0.717, 1.165) is 73.1 Å². The lowest BCUT2D eigenvalue weighted by molar-refractivity contribution is 0.113. The third kappa shape index (κ3) is 5.47. The number of hydrogen-bond acceptors (Lipinski definition) is 6. The topological polar surface area (TPSA) is 101 Å². The van der Waals surface area contributed by atoms with Crippen LogP contribution in [0.3, 0.4) is 0 Å². The van der Waals surface area contributed by atoms with Crippen molar-refractivity contribution in [2.45, 2.75) is 59.5 Å². The smallest absolute Gasteiger partial charge is 0.222 e. The van der Waals surface area contributed by atoms with E-state index in [1.807, 2.05) is 6.07 Å². The molecule has 36 heavy (non-hydrogen) atoms. The predicted octanol–water partition coefficient (Wildman–Crippen LogP) is 5.32. The maximum absolute atomic E-state index is 9.88. The molecule has 4 rings (SSSR count). The summed E-state index contributed by atoms with van der Waals surface area (Å²) in [6, 6.07) is 17.0. The quantitative estimate of drug-likeness (QED) is 0.190. The lowest BCUT2D eigenvalue weighted by atomic mass is 9.83. The molecule has 2 aromatic carbocycles. The fourth-order valence-electron chi connectivity index (χ4n) is 4.89. The Morgan fingerprint density at radius 3 is 2.53 bits per heavy atom. The molecule has 0 fully saturated rings. The van der Waals surface area contributed by atoms with Gasteiger partial charge in [-0.15, -0.1) is 0 Å². The standard InChI is InChI=1S/C29H40N6O/c1-4-7-15-32-27-26-25(33-28(30)34-27)23-13-8-9-14-24(23)35(26)18-22-12-10-11-21(16-22)17-31-19-29(5-2,6-3)20-36/h8-14,16,31,36H,4-7,15,17-20H2,1-3H3,(H3,30,32,33,34). The number of hydrogen-bond donors (Lipinski definition) is 4. The highest BCUT2D eigenvalue weighted by molar-refractivity contribution is 6.09. The van der Waals surface area contributed by atoms with Crippen molar-refractivity contribution in [3.05, 3.63) is 59.7 Å². The third-order valence-corrected chi connectivity index (χ3v) is 7.44. The number of nitrogens with one attached hydrogen (secondary N) is 2. The van der Waals surface area contributed by atoms with Crippen LogP contribution >= 0.6 is 0 Å². The van der Waals surface area contributed by atoms with Crippen LogP contribution in [0.2, 0.25) is 0 Å². The Bertz CT molecular complexity index is 1290. The number of anilines is 2. The van der Waals surface area contributed by atoms with Gasteiger partial charge in [0.15, 0.2) is 5.82 Å². The maximum Gasteiger partial charge on any atom is 0.222 e. The fraction of sp³-hybridized carbons (Fsp3) is 0.448. The minimum atomic E-state index is -0.0520. The first-order valence-electron chi connectivity index (χ1n) is 13.2. The number of fused-ring (bicyclic) bond motifs is 3. The molecule has 0 aliphatic heterocycles. The Morgan fingerprint density at radius 1 is 1.00 bits per heavy atom. The molecule has 0 amide bonds. The van der Waals surface area contributed by atoms with Gasteiger partial charge in [0.25, 0.3) is 0 Å². The van der Waals surface area contributed by atoms with Gasteiger partial charge in [-0.05, 0) is 36.5 Å². The summed E-state index contributed by atoms with van der Waals surface area (Å²) in [5.41, 5.74) is 11.5. The molecule has 0 radical (unpaired) electrons. The molecule has 0 unspecified atom stereocenters. The van der Waals surface area contributed by atoms with Gasteiger partial charge >= 0.3 is 0 Å². The van der Waals surface area contributed by atoms with Gasteiger partial charge in [-0.1, -0.05) is 69.7 Å². The van der Waals surface area contributed by atoms with Crippen LogP contribution in [0.4, 0.5) is 11.8 Å². The van der Waals surface area contributed by atoms with Crippen LogP contribution in [0.25, 0.3) is 21.9 Å². The van der Waals surface area contributed by atoms with E-state index in [0.29, 0.717) is 6.54 Å². The molecule has 0 saturated heterocycles.